The molecule has 6 nitrogen and oxygen atoms in total. The van der Waals surface area contributed by atoms with Gasteiger partial charge in [0.1, 0.15) is 18.4 Å². The molecule has 4 aliphatic rings. The first kappa shape index (κ1) is 14.3. The maximum atomic E-state index is 12.1. The van der Waals surface area contributed by atoms with Crippen molar-refractivity contribution in [3.8, 4) is 5.75 Å². The maximum absolute atomic E-state index is 12.1. The Hall–Kier alpha value is -2.08. The van der Waals surface area contributed by atoms with Crippen LogP contribution in [0.5, 0.6) is 5.75 Å². The third kappa shape index (κ3) is 2.20. The molecule has 1 aliphatic carbocycles. The van der Waals surface area contributed by atoms with Crippen LogP contribution < -0.4 is 20.4 Å². The monoisotopic (exact) mass is 326 g/mol. The Morgan fingerprint density at radius 3 is 2.88 bits per heavy atom. The van der Waals surface area contributed by atoms with Gasteiger partial charge in [0.25, 0.3) is 5.91 Å². The van der Waals surface area contributed by atoms with Crippen molar-refractivity contribution in [2.75, 3.05) is 24.6 Å². The Bertz CT molecular complexity index is 737. The average molecular weight is 326 g/mol. The number of fused-ring (bicyclic) bond motifs is 3. The summed E-state index contributed by atoms with van der Waals surface area (Å²) in [5.74, 6) is 3.03. The van der Waals surface area contributed by atoms with E-state index in [2.05, 4.69) is 28.0 Å². The number of carbonyl (C=O) groups is 1. The molecule has 0 radical (unpaired) electrons. The number of hydrogen-bond donors (Lipinski definition) is 2. The van der Waals surface area contributed by atoms with Gasteiger partial charge in [0.15, 0.2) is 5.84 Å². The largest absolute Gasteiger partial charge is 0.483 e. The van der Waals surface area contributed by atoms with Crippen molar-refractivity contribution in [2.45, 2.75) is 38.1 Å². The molecule has 5 rings (SSSR count). The van der Waals surface area contributed by atoms with Crippen molar-refractivity contribution in [3.05, 3.63) is 23.3 Å². The Morgan fingerprint density at radius 2 is 2.17 bits per heavy atom. The summed E-state index contributed by atoms with van der Waals surface area (Å²) >= 11 is 0. The molecular weight excluding hydrogens is 304 g/mol. The van der Waals surface area contributed by atoms with Crippen LogP contribution in [0.25, 0.3) is 0 Å². The number of hydrogen-bond acceptors (Lipinski definition) is 5. The van der Waals surface area contributed by atoms with Gasteiger partial charge in [0.2, 0.25) is 0 Å². The molecule has 126 valence electrons. The van der Waals surface area contributed by atoms with Crippen molar-refractivity contribution < 1.29 is 9.53 Å². The Kier molecular flexibility index (Phi) is 3.10. The highest BCUT2D eigenvalue weighted by molar-refractivity contribution is 6.09. The number of benzene rings is 1. The first-order valence-electron chi connectivity index (χ1n) is 8.86. The van der Waals surface area contributed by atoms with Crippen molar-refractivity contribution in [3.63, 3.8) is 0 Å². The van der Waals surface area contributed by atoms with Crippen LogP contribution in [0.2, 0.25) is 0 Å². The smallest absolute Gasteiger partial charge is 0.262 e. The Balaban J connectivity index is 1.58. The molecule has 1 saturated carbocycles. The minimum Gasteiger partial charge on any atom is -0.483 e. The van der Waals surface area contributed by atoms with Gasteiger partial charge in [-0.1, -0.05) is 0 Å². The molecule has 0 bridgehead atoms. The van der Waals surface area contributed by atoms with E-state index in [0.29, 0.717) is 12.5 Å². The van der Waals surface area contributed by atoms with Crippen molar-refractivity contribution in [1.82, 2.24) is 10.7 Å². The number of rotatable bonds is 3. The molecule has 1 aromatic rings. The standard InChI is InChI=1S/C18H22N4O2/c1-10-18(23)21-20-17-9-24-16-6-14(12-2-3-12)13(4-11-7-19-8-11)5-15(16)22(10)17/h5-6,10-12,19H,2-4,7-9H2,1H3,(H,21,23)/t10-/m0/s1. The lowest BCUT2D eigenvalue weighted by Gasteiger charge is -2.39. The number of nitrogens with zero attached hydrogens (tertiary/aromatic N) is 2. The van der Waals surface area contributed by atoms with Crippen molar-refractivity contribution in [2.24, 2.45) is 11.0 Å². The molecule has 3 heterocycles. The number of amidine groups is 1. The van der Waals surface area contributed by atoms with Crippen molar-refractivity contribution >= 4 is 17.4 Å². The first-order valence-corrected chi connectivity index (χ1v) is 8.86. The summed E-state index contributed by atoms with van der Waals surface area (Å²) in [4.78, 5) is 14.1. The van der Waals surface area contributed by atoms with E-state index in [1.807, 2.05) is 11.8 Å². The molecule has 0 spiro atoms. The van der Waals surface area contributed by atoms with Gasteiger partial charge in [-0.3, -0.25) is 4.79 Å². The quantitative estimate of drug-likeness (QED) is 0.880. The fourth-order valence-electron chi connectivity index (χ4n) is 3.89. The van der Waals surface area contributed by atoms with Gasteiger partial charge in [-0.25, -0.2) is 5.43 Å². The van der Waals surface area contributed by atoms with Gasteiger partial charge in [-0.2, -0.15) is 5.10 Å². The minimum atomic E-state index is -0.259. The highest BCUT2D eigenvalue weighted by Gasteiger charge is 2.37. The summed E-state index contributed by atoms with van der Waals surface area (Å²) in [5.41, 5.74) is 6.46. The van der Waals surface area contributed by atoms with E-state index in [-0.39, 0.29) is 11.9 Å². The lowest BCUT2D eigenvalue weighted by Crippen LogP contribution is -2.55. The lowest BCUT2D eigenvalue weighted by molar-refractivity contribution is -0.122. The third-order valence-electron chi connectivity index (χ3n) is 5.57. The second kappa shape index (κ2) is 5.21. The molecule has 24 heavy (non-hydrogen) atoms. The Morgan fingerprint density at radius 1 is 1.33 bits per heavy atom. The van der Waals surface area contributed by atoms with E-state index < -0.39 is 0 Å². The number of anilines is 1. The second-order valence-electron chi connectivity index (χ2n) is 7.36. The van der Waals surface area contributed by atoms with Crippen LogP contribution >= 0.6 is 0 Å². The van der Waals surface area contributed by atoms with Gasteiger partial charge in [-0.05, 0) is 74.4 Å². The highest BCUT2D eigenvalue weighted by atomic mass is 16.5. The van der Waals surface area contributed by atoms with Crippen LogP contribution in [0.1, 0.15) is 36.8 Å². The number of hydrazone groups is 1. The first-order chi connectivity index (χ1) is 11.7. The zero-order valence-corrected chi connectivity index (χ0v) is 13.8. The Labute approximate surface area is 141 Å². The summed E-state index contributed by atoms with van der Waals surface area (Å²) in [5, 5.41) is 7.54. The van der Waals surface area contributed by atoms with Crippen LogP contribution in [0.15, 0.2) is 17.2 Å². The van der Waals surface area contributed by atoms with E-state index in [1.54, 1.807) is 0 Å². The normalized spacial score (nSPS) is 25.9. The molecule has 0 aromatic heterocycles. The van der Waals surface area contributed by atoms with Gasteiger partial charge in [-0.15, -0.1) is 0 Å². The molecule has 0 unspecified atom stereocenters. The number of nitrogens with one attached hydrogen (secondary N) is 2. The summed E-state index contributed by atoms with van der Waals surface area (Å²) in [7, 11) is 0. The van der Waals surface area contributed by atoms with Crippen LogP contribution in [-0.2, 0) is 11.2 Å². The van der Waals surface area contributed by atoms with Crippen LogP contribution in [0.3, 0.4) is 0 Å². The van der Waals surface area contributed by atoms with Gasteiger partial charge >= 0.3 is 0 Å². The van der Waals surface area contributed by atoms with E-state index in [1.165, 1.54) is 24.0 Å². The van der Waals surface area contributed by atoms with Crippen LogP contribution in [0.4, 0.5) is 5.69 Å². The molecule has 2 fully saturated rings. The third-order valence-corrected chi connectivity index (χ3v) is 5.57. The summed E-state index contributed by atoms with van der Waals surface area (Å²) < 4.78 is 5.96. The number of ether oxygens (including phenoxy) is 1. The molecule has 2 N–H and O–H groups in total. The average Bonchev–Trinajstić information content (AvgIpc) is 3.38. The molecule has 1 aromatic carbocycles. The van der Waals surface area contributed by atoms with Crippen molar-refractivity contribution in [1.29, 1.82) is 0 Å². The molecular formula is C18H22N4O2. The zero-order valence-electron chi connectivity index (χ0n) is 13.8. The number of amides is 1. The minimum absolute atomic E-state index is 0.0670. The molecule has 3 aliphatic heterocycles. The molecule has 6 heteroatoms. The zero-order chi connectivity index (χ0) is 16.3. The second-order valence-corrected chi connectivity index (χ2v) is 7.36. The van der Waals surface area contributed by atoms with Gasteiger partial charge < -0.3 is 15.0 Å². The molecule has 1 amide bonds. The molecule has 1 atom stereocenters. The molecule has 1 saturated heterocycles. The number of carbonyl (C=O) groups excluding carboxylic acids is 1. The predicted molar refractivity (Wildman–Crippen MR) is 91.5 cm³/mol. The fraction of sp³-hybridized carbons (Fsp3) is 0.556. The summed E-state index contributed by atoms with van der Waals surface area (Å²) in [6, 6.07) is 4.22. The summed E-state index contributed by atoms with van der Waals surface area (Å²) in [6.45, 7) is 4.54. The van der Waals surface area contributed by atoms with Gasteiger partial charge in [0.05, 0.1) is 5.69 Å². The van der Waals surface area contributed by atoms with E-state index in [0.717, 1.165) is 42.7 Å². The SMILES string of the molecule is C[C@H]1C(=O)NN=C2COc3cc(C4CC4)c(CC4CNC4)cc3N21. The summed E-state index contributed by atoms with van der Waals surface area (Å²) in [6.07, 6.45) is 3.67. The van der Waals surface area contributed by atoms with Crippen LogP contribution in [0, 0.1) is 5.92 Å². The highest BCUT2D eigenvalue weighted by Crippen LogP contribution is 2.47. The van der Waals surface area contributed by atoms with Gasteiger partial charge in [0, 0.05) is 0 Å². The van der Waals surface area contributed by atoms with E-state index >= 15 is 0 Å². The van der Waals surface area contributed by atoms with E-state index in [4.69, 9.17) is 4.74 Å². The topological polar surface area (TPSA) is 66.0 Å². The maximum Gasteiger partial charge on any atom is 0.262 e. The lowest BCUT2D eigenvalue weighted by atomic mass is 9.89. The predicted octanol–water partition coefficient (Wildman–Crippen LogP) is 1.36. The van der Waals surface area contributed by atoms with E-state index in [9.17, 15) is 4.79 Å². The van der Waals surface area contributed by atoms with Crippen LogP contribution in [-0.4, -0.2) is 37.5 Å². The fourth-order valence-corrected chi connectivity index (χ4v) is 3.89.